The molecule has 0 unspecified atom stereocenters. The topological polar surface area (TPSA) is 42.3 Å². The number of hydrogen-bond donors (Lipinski definition) is 1. The molecule has 0 aliphatic carbocycles. The van der Waals surface area contributed by atoms with Crippen molar-refractivity contribution in [2.75, 3.05) is 13.7 Å². The lowest BCUT2D eigenvalue weighted by atomic mass is 10.2. The van der Waals surface area contributed by atoms with E-state index in [0.29, 0.717) is 12.4 Å². The summed E-state index contributed by atoms with van der Waals surface area (Å²) in [7, 11) is 1.60. The third-order valence-electron chi connectivity index (χ3n) is 1.82. The van der Waals surface area contributed by atoms with Crippen LogP contribution in [0.1, 0.15) is 18.9 Å². The van der Waals surface area contributed by atoms with Gasteiger partial charge in [0.05, 0.1) is 13.7 Å². The van der Waals surface area contributed by atoms with Crippen LogP contribution in [0.2, 0.25) is 0 Å². The molecule has 0 fully saturated rings. The van der Waals surface area contributed by atoms with Gasteiger partial charge in [-0.1, -0.05) is 6.92 Å². The molecule has 1 aromatic carbocycles. The number of nitrogens with one attached hydrogen (secondary N) is 1. The number of benzene rings is 1. The van der Waals surface area contributed by atoms with E-state index in [2.05, 4.69) is 6.92 Å². The third-order valence-corrected chi connectivity index (χ3v) is 1.82. The summed E-state index contributed by atoms with van der Waals surface area (Å²) in [6, 6.07) is 5.45. The minimum atomic E-state index is 0.680. The summed E-state index contributed by atoms with van der Waals surface area (Å²) in [6.45, 7) is 2.73. The van der Waals surface area contributed by atoms with Crippen molar-refractivity contribution < 1.29 is 9.47 Å². The molecule has 3 heteroatoms. The summed E-state index contributed by atoms with van der Waals surface area (Å²) in [5, 5.41) is 7.10. The molecule has 0 aliphatic heterocycles. The summed E-state index contributed by atoms with van der Waals surface area (Å²) >= 11 is 0. The van der Waals surface area contributed by atoms with Crippen LogP contribution in [0.15, 0.2) is 18.2 Å². The fourth-order valence-corrected chi connectivity index (χ4v) is 1.11. The van der Waals surface area contributed by atoms with Gasteiger partial charge in [0.15, 0.2) is 11.5 Å². The van der Waals surface area contributed by atoms with E-state index in [0.717, 1.165) is 17.7 Å². The Hall–Kier alpha value is -1.51. The van der Waals surface area contributed by atoms with Crippen molar-refractivity contribution >= 4 is 6.21 Å². The first kappa shape index (κ1) is 10.6. The van der Waals surface area contributed by atoms with Crippen LogP contribution >= 0.6 is 0 Å². The Morgan fingerprint density at radius 1 is 1.36 bits per heavy atom. The fourth-order valence-electron chi connectivity index (χ4n) is 1.11. The molecule has 0 amide bonds. The van der Waals surface area contributed by atoms with Gasteiger partial charge in [0, 0.05) is 6.21 Å². The minimum absolute atomic E-state index is 0.680. The van der Waals surface area contributed by atoms with E-state index in [1.54, 1.807) is 13.2 Å². The maximum atomic E-state index is 7.10. The molecule has 0 spiro atoms. The molecule has 0 heterocycles. The second kappa shape index (κ2) is 5.27. The Labute approximate surface area is 84.2 Å². The summed E-state index contributed by atoms with van der Waals surface area (Å²) in [4.78, 5) is 0. The van der Waals surface area contributed by atoms with Crippen LogP contribution < -0.4 is 9.47 Å². The maximum absolute atomic E-state index is 7.10. The quantitative estimate of drug-likeness (QED) is 0.730. The van der Waals surface area contributed by atoms with Crippen molar-refractivity contribution in [2.45, 2.75) is 13.3 Å². The lowest BCUT2D eigenvalue weighted by Gasteiger charge is -2.09. The van der Waals surface area contributed by atoms with Crippen LogP contribution in [0.25, 0.3) is 0 Å². The van der Waals surface area contributed by atoms with Crippen LogP contribution in [-0.2, 0) is 0 Å². The third kappa shape index (κ3) is 2.49. The molecule has 0 saturated carbocycles. The Morgan fingerprint density at radius 2 is 2.14 bits per heavy atom. The molecule has 0 saturated heterocycles. The predicted octanol–water partition coefficient (Wildman–Crippen LogP) is 2.48. The molecule has 1 rings (SSSR count). The number of rotatable bonds is 5. The smallest absolute Gasteiger partial charge is 0.161 e. The Morgan fingerprint density at radius 3 is 2.71 bits per heavy atom. The van der Waals surface area contributed by atoms with Crippen molar-refractivity contribution in [3.05, 3.63) is 23.8 Å². The minimum Gasteiger partial charge on any atom is -0.493 e. The molecule has 1 aromatic rings. The first-order chi connectivity index (χ1) is 6.81. The molecule has 0 bridgehead atoms. The average molecular weight is 193 g/mol. The second-order valence-electron chi connectivity index (χ2n) is 2.90. The first-order valence-electron chi connectivity index (χ1n) is 4.63. The SMILES string of the molecule is CCCOc1ccc(C=N)cc1OC. The van der Waals surface area contributed by atoms with Gasteiger partial charge in [0.2, 0.25) is 0 Å². The zero-order chi connectivity index (χ0) is 10.4. The van der Waals surface area contributed by atoms with E-state index in [4.69, 9.17) is 14.9 Å². The summed E-state index contributed by atoms with van der Waals surface area (Å²) in [5.74, 6) is 1.42. The fraction of sp³-hybridized carbons (Fsp3) is 0.364. The molecule has 0 aliphatic rings. The highest BCUT2D eigenvalue weighted by molar-refractivity contribution is 5.78. The molecule has 3 nitrogen and oxygen atoms in total. The van der Waals surface area contributed by atoms with Gasteiger partial charge in [-0.15, -0.1) is 0 Å². The monoisotopic (exact) mass is 193 g/mol. The van der Waals surface area contributed by atoms with Gasteiger partial charge in [-0.25, -0.2) is 0 Å². The van der Waals surface area contributed by atoms with E-state index in [1.807, 2.05) is 12.1 Å². The molecular formula is C11H15NO2. The van der Waals surface area contributed by atoms with E-state index in [-0.39, 0.29) is 0 Å². The Balaban J connectivity index is 2.87. The first-order valence-corrected chi connectivity index (χ1v) is 4.63. The molecule has 1 N–H and O–H groups in total. The zero-order valence-electron chi connectivity index (χ0n) is 8.54. The van der Waals surface area contributed by atoms with Gasteiger partial charge in [0.1, 0.15) is 0 Å². The van der Waals surface area contributed by atoms with Crippen LogP contribution in [-0.4, -0.2) is 19.9 Å². The van der Waals surface area contributed by atoms with Crippen molar-refractivity contribution in [2.24, 2.45) is 0 Å². The predicted molar refractivity (Wildman–Crippen MR) is 56.7 cm³/mol. The molecule has 0 atom stereocenters. The lowest BCUT2D eigenvalue weighted by Crippen LogP contribution is -1.98. The van der Waals surface area contributed by atoms with Gasteiger partial charge in [0.25, 0.3) is 0 Å². The van der Waals surface area contributed by atoms with Gasteiger partial charge >= 0.3 is 0 Å². The number of methoxy groups -OCH3 is 1. The van der Waals surface area contributed by atoms with Crippen LogP contribution in [0, 0.1) is 5.41 Å². The van der Waals surface area contributed by atoms with Crippen molar-refractivity contribution in [1.82, 2.24) is 0 Å². The van der Waals surface area contributed by atoms with Gasteiger partial charge in [-0.3, -0.25) is 0 Å². The Kier molecular flexibility index (Phi) is 3.98. The highest BCUT2D eigenvalue weighted by Crippen LogP contribution is 2.27. The van der Waals surface area contributed by atoms with E-state index >= 15 is 0 Å². The van der Waals surface area contributed by atoms with Crippen LogP contribution in [0.3, 0.4) is 0 Å². The van der Waals surface area contributed by atoms with E-state index in [1.165, 1.54) is 6.21 Å². The molecule has 0 aromatic heterocycles. The van der Waals surface area contributed by atoms with Crippen LogP contribution in [0.4, 0.5) is 0 Å². The highest BCUT2D eigenvalue weighted by Gasteiger charge is 2.03. The highest BCUT2D eigenvalue weighted by atomic mass is 16.5. The van der Waals surface area contributed by atoms with Gasteiger partial charge in [-0.05, 0) is 30.2 Å². The Bertz CT molecular complexity index is 310. The number of ether oxygens (including phenoxy) is 2. The normalized spacial score (nSPS) is 9.57. The second-order valence-corrected chi connectivity index (χ2v) is 2.90. The van der Waals surface area contributed by atoms with Gasteiger partial charge in [-0.2, -0.15) is 0 Å². The standard InChI is InChI=1S/C11H15NO2/c1-3-6-14-10-5-4-9(8-12)7-11(10)13-2/h4-5,7-8,12H,3,6H2,1-2H3. The molecule has 0 radical (unpaired) electrons. The average Bonchev–Trinajstić information content (AvgIpc) is 2.26. The summed E-state index contributed by atoms with van der Waals surface area (Å²) in [5.41, 5.74) is 0.811. The van der Waals surface area contributed by atoms with E-state index in [9.17, 15) is 0 Å². The molecular weight excluding hydrogens is 178 g/mol. The zero-order valence-corrected chi connectivity index (χ0v) is 8.54. The lowest BCUT2D eigenvalue weighted by molar-refractivity contribution is 0.294. The number of hydrogen-bond acceptors (Lipinski definition) is 3. The van der Waals surface area contributed by atoms with Crippen molar-refractivity contribution in [1.29, 1.82) is 5.41 Å². The summed E-state index contributed by atoms with van der Waals surface area (Å²) in [6.07, 6.45) is 2.25. The molecule has 14 heavy (non-hydrogen) atoms. The van der Waals surface area contributed by atoms with Crippen LogP contribution in [0.5, 0.6) is 11.5 Å². The maximum Gasteiger partial charge on any atom is 0.161 e. The molecule has 76 valence electrons. The van der Waals surface area contributed by atoms with E-state index < -0.39 is 0 Å². The summed E-state index contributed by atoms with van der Waals surface area (Å²) < 4.78 is 10.6. The van der Waals surface area contributed by atoms with Crippen molar-refractivity contribution in [3.8, 4) is 11.5 Å². The van der Waals surface area contributed by atoms with Crippen molar-refractivity contribution in [3.63, 3.8) is 0 Å². The largest absolute Gasteiger partial charge is 0.493 e. The van der Waals surface area contributed by atoms with Gasteiger partial charge < -0.3 is 14.9 Å².